The Morgan fingerprint density at radius 2 is 1.54 bits per heavy atom. The molecular weight excluding hydrogens is 448 g/mol. The van der Waals surface area contributed by atoms with Gasteiger partial charge in [0.25, 0.3) is 5.91 Å². The Balaban J connectivity index is 1.62. The van der Waals surface area contributed by atoms with E-state index in [4.69, 9.17) is 23.5 Å². The van der Waals surface area contributed by atoms with Crippen molar-refractivity contribution in [3.63, 3.8) is 0 Å². The molecule has 182 valence electrons. The first-order valence-corrected chi connectivity index (χ1v) is 11.1. The third-order valence-electron chi connectivity index (χ3n) is 5.87. The average Bonchev–Trinajstić information content (AvgIpc) is 3.21. The van der Waals surface area contributed by atoms with Gasteiger partial charge in [0.05, 0.1) is 38.2 Å². The fourth-order valence-corrected chi connectivity index (χ4v) is 3.88. The quantitative estimate of drug-likeness (QED) is 0.364. The van der Waals surface area contributed by atoms with Gasteiger partial charge in [-0.1, -0.05) is 29.4 Å². The van der Waals surface area contributed by atoms with Crippen molar-refractivity contribution < 1.29 is 28.3 Å². The Morgan fingerprint density at radius 1 is 0.886 bits per heavy atom. The van der Waals surface area contributed by atoms with Crippen LogP contribution in [0.3, 0.4) is 0 Å². The number of methoxy groups -OCH3 is 3. The highest BCUT2D eigenvalue weighted by atomic mass is 16.5. The maximum Gasteiger partial charge on any atom is 0.255 e. The van der Waals surface area contributed by atoms with Gasteiger partial charge in [0.2, 0.25) is 0 Å². The van der Waals surface area contributed by atoms with E-state index in [9.17, 15) is 4.79 Å². The summed E-state index contributed by atoms with van der Waals surface area (Å²) in [4.78, 5) is 13.3. The summed E-state index contributed by atoms with van der Waals surface area (Å²) in [6.07, 6.45) is 0. The molecule has 35 heavy (non-hydrogen) atoms. The summed E-state index contributed by atoms with van der Waals surface area (Å²) in [5, 5.41) is 8.86. The maximum absolute atomic E-state index is 13.3. The first-order chi connectivity index (χ1) is 16.9. The van der Waals surface area contributed by atoms with Crippen LogP contribution in [0.25, 0.3) is 10.8 Å². The SMILES string of the molecule is COc1cc(OC)c(OC)cc1CNC(=O)c1cc2ccccc2cc1OCc1c(C)noc1C. The number of rotatable bonds is 9. The Hall–Kier alpha value is -4.20. The summed E-state index contributed by atoms with van der Waals surface area (Å²) < 4.78 is 27.6. The van der Waals surface area contributed by atoms with E-state index in [1.807, 2.05) is 50.2 Å². The van der Waals surface area contributed by atoms with Crippen molar-refractivity contribution in [2.24, 2.45) is 0 Å². The molecular formula is C27H28N2O6. The van der Waals surface area contributed by atoms with Gasteiger partial charge in [0, 0.05) is 18.2 Å². The first kappa shape index (κ1) is 23.9. The number of ether oxygens (including phenoxy) is 4. The van der Waals surface area contributed by atoms with Crippen molar-refractivity contribution in [3.8, 4) is 23.0 Å². The minimum Gasteiger partial charge on any atom is -0.496 e. The minimum atomic E-state index is -0.277. The number of aromatic nitrogens is 1. The molecule has 0 bridgehead atoms. The predicted molar refractivity (Wildman–Crippen MR) is 132 cm³/mol. The minimum absolute atomic E-state index is 0.221. The molecule has 0 fully saturated rings. The van der Waals surface area contributed by atoms with E-state index in [0.29, 0.717) is 34.3 Å². The van der Waals surface area contributed by atoms with Crippen LogP contribution in [-0.2, 0) is 13.2 Å². The third kappa shape index (κ3) is 5.01. The van der Waals surface area contributed by atoms with E-state index in [1.54, 1.807) is 33.5 Å². The number of amides is 1. The molecule has 0 atom stereocenters. The lowest BCUT2D eigenvalue weighted by atomic mass is 10.0. The van der Waals surface area contributed by atoms with E-state index in [0.717, 1.165) is 27.6 Å². The molecule has 4 rings (SSSR count). The van der Waals surface area contributed by atoms with Crippen LogP contribution in [-0.4, -0.2) is 32.4 Å². The smallest absolute Gasteiger partial charge is 0.255 e. The van der Waals surface area contributed by atoms with Gasteiger partial charge in [0.15, 0.2) is 11.5 Å². The van der Waals surface area contributed by atoms with Gasteiger partial charge >= 0.3 is 0 Å². The number of carbonyl (C=O) groups excluding carboxylic acids is 1. The van der Waals surface area contributed by atoms with E-state index in [2.05, 4.69) is 10.5 Å². The number of aryl methyl sites for hydroxylation is 2. The van der Waals surface area contributed by atoms with Gasteiger partial charge in [-0.05, 0) is 42.8 Å². The van der Waals surface area contributed by atoms with Crippen LogP contribution in [0.4, 0.5) is 0 Å². The standard InChI is InChI=1S/C27H28N2O6/c1-16-22(17(2)35-29-16)15-34-24-11-19-9-7-6-8-18(19)10-21(24)27(30)28-14-20-12-25(32-4)26(33-5)13-23(20)31-3/h6-13H,14-15H2,1-5H3,(H,28,30). The topological polar surface area (TPSA) is 92.0 Å². The zero-order valence-corrected chi connectivity index (χ0v) is 20.4. The average molecular weight is 477 g/mol. The highest BCUT2D eigenvalue weighted by molar-refractivity contribution is 6.01. The number of fused-ring (bicyclic) bond motifs is 1. The second-order valence-electron chi connectivity index (χ2n) is 7.99. The van der Waals surface area contributed by atoms with Crippen LogP contribution in [0, 0.1) is 13.8 Å². The molecule has 3 aromatic carbocycles. The molecule has 1 aromatic heterocycles. The molecule has 0 unspecified atom stereocenters. The van der Waals surface area contributed by atoms with Gasteiger partial charge in [-0.3, -0.25) is 4.79 Å². The zero-order valence-electron chi connectivity index (χ0n) is 20.4. The number of nitrogens with one attached hydrogen (secondary N) is 1. The molecule has 8 nitrogen and oxygen atoms in total. The summed E-state index contributed by atoms with van der Waals surface area (Å²) >= 11 is 0. The van der Waals surface area contributed by atoms with Gasteiger partial charge < -0.3 is 28.8 Å². The van der Waals surface area contributed by atoms with Crippen LogP contribution in [0.15, 0.2) is 53.1 Å². The Morgan fingerprint density at radius 3 is 2.17 bits per heavy atom. The maximum atomic E-state index is 13.3. The lowest BCUT2D eigenvalue weighted by molar-refractivity contribution is 0.0946. The van der Waals surface area contributed by atoms with Crippen LogP contribution in [0.2, 0.25) is 0 Å². The van der Waals surface area contributed by atoms with Crippen molar-refractivity contribution in [1.29, 1.82) is 0 Å². The van der Waals surface area contributed by atoms with Crippen molar-refractivity contribution >= 4 is 16.7 Å². The van der Waals surface area contributed by atoms with Crippen molar-refractivity contribution in [2.75, 3.05) is 21.3 Å². The van der Waals surface area contributed by atoms with Crippen molar-refractivity contribution in [1.82, 2.24) is 10.5 Å². The second-order valence-corrected chi connectivity index (χ2v) is 7.99. The second kappa shape index (κ2) is 10.4. The van der Waals surface area contributed by atoms with Gasteiger partial charge in [0.1, 0.15) is 23.9 Å². The van der Waals surface area contributed by atoms with Gasteiger partial charge in [-0.2, -0.15) is 0 Å². The molecule has 1 N–H and O–H groups in total. The largest absolute Gasteiger partial charge is 0.496 e. The third-order valence-corrected chi connectivity index (χ3v) is 5.87. The lowest BCUT2D eigenvalue weighted by Gasteiger charge is -2.16. The predicted octanol–water partition coefficient (Wildman–Crippen LogP) is 4.98. The molecule has 0 spiro atoms. The van der Waals surface area contributed by atoms with E-state index in [1.165, 1.54) is 0 Å². The monoisotopic (exact) mass is 476 g/mol. The molecule has 4 aromatic rings. The summed E-state index contributed by atoms with van der Waals surface area (Å²) in [7, 11) is 4.68. The summed E-state index contributed by atoms with van der Waals surface area (Å²) in [6, 6.07) is 15.0. The molecule has 0 saturated carbocycles. The molecule has 1 heterocycles. The number of carbonyl (C=O) groups is 1. The highest BCUT2D eigenvalue weighted by Gasteiger charge is 2.18. The molecule has 0 saturated heterocycles. The van der Waals surface area contributed by atoms with Crippen molar-refractivity contribution in [3.05, 3.63) is 76.7 Å². The number of hydrogen-bond acceptors (Lipinski definition) is 7. The molecule has 0 radical (unpaired) electrons. The molecule has 0 aliphatic heterocycles. The highest BCUT2D eigenvalue weighted by Crippen LogP contribution is 2.35. The van der Waals surface area contributed by atoms with Crippen LogP contribution in [0.1, 0.15) is 32.9 Å². The number of benzene rings is 3. The summed E-state index contributed by atoms with van der Waals surface area (Å²) in [5.74, 6) is 2.56. The Labute approximate surface area is 203 Å². The van der Waals surface area contributed by atoms with Crippen molar-refractivity contribution in [2.45, 2.75) is 27.0 Å². The molecule has 0 aliphatic carbocycles. The Bertz CT molecular complexity index is 1340. The Kier molecular flexibility index (Phi) is 7.10. The van der Waals surface area contributed by atoms with Crippen LogP contribution in [0.5, 0.6) is 23.0 Å². The molecule has 0 aliphatic rings. The first-order valence-electron chi connectivity index (χ1n) is 11.1. The fraction of sp³-hybridized carbons (Fsp3) is 0.259. The van der Waals surface area contributed by atoms with Crippen LogP contribution >= 0.6 is 0 Å². The summed E-state index contributed by atoms with van der Waals surface area (Å²) in [5.41, 5.74) is 2.79. The van der Waals surface area contributed by atoms with E-state index >= 15 is 0 Å². The zero-order chi connectivity index (χ0) is 24.9. The summed E-state index contributed by atoms with van der Waals surface area (Å²) in [6.45, 7) is 4.16. The van der Waals surface area contributed by atoms with Gasteiger partial charge in [-0.15, -0.1) is 0 Å². The molecule has 1 amide bonds. The van der Waals surface area contributed by atoms with E-state index in [-0.39, 0.29) is 19.1 Å². The number of hydrogen-bond donors (Lipinski definition) is 1. The number of nitrogens with zero attached hydrogens (tertiary/aromatic N) is 1. The van der Waals surface area contributed by atoms with E-state index < -0.39 is 0 Å². The molecule has 8 heteroatoms. The van der Waals surface area contributed by atoms with Crippen LogP contribution < -0.4 is 24.3 Å². The fourth-order valence-electron chi connectivity index (χ4n) is 3.88. The van der Waals surface area contributed by atoms with Gasteiger partial charge in [-0.25, -0.2) is 0 Å². The lowest BCUT2D eigenvalue weighted by Crippen LogP contribution is -2.24. The normalized spacial score (nSPS) is 10.8.